The molecule has 1 aliphatic carbocycles. The van der Waals surface area contributed by atoms with Gasteiger partial charge >= 0.3 is 0 Å². The highest BCUT2D eigenvalue weighted by atomic mass is 35.5. The van der Waals surface area contributed by atoms with E-state index in [1.165, 1.54) is 7.11 Å². The van der Waals surface area contributed by atoms with Crippen LogP contribution < -0.4 is 15.5 Å². The van der Waals surface area contributed by atoms with Crippen molar-refractivity contribution in [2.75, 3.05) is 12.4 Å². The molecule has 0 radical (unpaired) electrons. The van der Waals surface area contributed by atoms with Crippen molar-refractivity contribution < 1.29 is 18.7 Å². The van der Waals surface area contributed by atoms with Crippen LogP contribution in [0.15, 0.2) is 82.3 Å². The first-order valence-electron chi connectivity index (χ1n) is 12.2. The van der Waals surface area contributed by atoms with Gasteiger partial charge in [-0.05, 0) is 61.2 Å². The van der Waals surface area contributed by atoms with Gasteiger partial charge in [0, 0.05) is 28.1 Å². The Morgan fingerprint density at radius 1 is 0.947 bits per heavy atom. The summed E-state index contributed by atoms with van der Waals surface area (Å²) in [6, 6.07) is 22.3. The van der Waals surface area contributed by atoms with Crippen LogP contribution in [0.2, 0.25) is 5.02 Å². The molecule has 5 rings (SSSR count). The summed E-state index contributed by atoms with van der Waals surface area (Å²) in [5.74, 6) is 0.626. The molecule has 0 bridgehead atoms. The molecule has 1 aromatic heterocycles. The number of fused-ring (bicyclic) bond motifs is 1. The second kappa shape index (κ2) is 10.9. The molecule has 1 heterocycles. The maximum atomic E-state index is 13.1. The number of ether oxygens (including phenoxy) is 1. The zero-order valence-electron chi connectivity index (χ0n) is 21.0. The zero-order valence-corrected chi connectivity index (χ0v) is 21.8. The van der Waals surface area contributed by atoms with Crippen molar-refractivity contribution in [3.8, 4) is 16.9 Å². The van der Waals surface area contributed by atoms with E-state index in [0.29, 0.717) is 51.9 Å². The first-order valence-corrected chi connectivity index (χ1v) is 12.6. The molecule has 8 heteroatoms. The monoisotopic (exact) mass is 527 g/mol. The number of furan rings is 1. The second-order valence-corrected chi connectivity index (χ2v) is 9.39. The van der Waals surface area contributed by atoms with Gasteiger partial charge in [0.05, 0.1) is 18.5 Å². The predicted molar refractivity (Wildman–Crippen MR) is 148 cm³/mol. The van der Waals surface area contributed by atoms with Gasteiger partial charge in [0.2, 0.25) is 0 Å². The number of nitrogens with one attached hydrogen (secondary N) is 2. The van der Waals surface area contributed by atoms with Gasteiger partial charge in [-0.25, -0.2) is 5.43 Å². The predicted octanol–water partition coefficient (Wildman–Crippen LogP) is 6.64. The van der Waals surface area contributed by atoms with E-state index >= 15 is 0 Å². The molecule has 0 saturated heterocycles. The molecule has 0 aliphatic heterocycles. The van der Waals surface area contributed by atoms with Crippen molar-refractivity contribution >= 4 is 34.8 Å². The summed E-state index contributed by atoms with van der Waals surface area (Å²) in [5, 5.41) is 7.71. The maximum absolute atomic E-state index is 13.1. The number of methoxy groups -OCH3 is 1. The number of anilines is 1. The lowest BCUT2D eigenvalue weighted by Crippen LogP contribution is -2.22. The van der Waals surface area contributed by atoms with E-state index in [4.69, 9.17) is 20.8 Å². The summed E-state index contributed by atoms with van der Waals surface area (Å²) in [7, 11) is 1.52. The van der Waals surface area contributed by atoms with Crippen molar-refractivity contribution in [2.24, 2.45) is 5.10 Å². The molecule has 3 aromatic carbocycles. The molecule has 7 nitrogen and oxygen atoms in total. The van der Waals surface area contributed by atoms with Gasteiger partial charge in [0.15, 0.2) is 5.76 Å². The van der Waals surface area contributed by atoms with Crippen molar-refractivity contribution in [3.05, 3.63) is 106 Å². The molecular weight excluding hydrogens is 502 g/mol. The van der Waals surface area contributed by atoms with Crippen molar-refractivity contribution in [3.63, 3.8) is 0 Å². The number of carbonyl (C=O) groups excluding carboxylic acids is 2. The van der Waals surface area contributed by atoms with E-state index in [1.54, 1.807) is 30.3 Å². The number of halogens is 1. The van der Waals surface area contributed by atoms with E-state index < -0.39 is 5.91 Å². The smallest absolute Gasteiger partial charge is 0.291 e. The largest absolute Gasteiger partial charge is 0.495 e. The van der Waals surface area contributed by atoms with Crippen LogP contribution in [0.5, 0.6) is 5.75 Å². The Morgan fingerprint density at radius 3 is 2.42 bits per heavy atom. The summed E-state index contributed by atoms with van der Waals surface area (Å²) in [4.78, 5) is 25.9. The number of nitrogens with zero attached hydrogens (tertiary/aromatic N) is 1. The number of hydrazone groups is 1. The SMILES string of the molecule is COc1ccc(Cl)cc1NC(=O)c1oc2c(c1C)/C(=N/NC(=O)c1ccc(-c3ccccc3)cc1)CCC2. The van der Waals surface area contributed by atoms with E-state index in [0.717, 1.165) is 23.1 Å². The van der Waals surface area contributed by atoms with Crippen LogP contribution in [-0.4, -0.2) is 24.6 Å². The molecule has 4 aromatic rings. The van der Waals surface area contributed by atoms with Gasteiger partial charge < -0.3 is 14.5 Å². The van der Waals surface area contributed by atoms with E-state index in [9.17, 15) is 9.59 Å². The molecule has 2 N–H and O–H groups in total. The lowest BCUT2D eigenvalue weighted by molar-refractivity contribution is 0.0953. The fourth-order valence-corrected chi connectivity index (χ4v) is 4.75. The average Bonchev–Trinajstić information content (AvgIpc) is 3.29. The molecule has 0 fully saturated rings. The molecule has 0 atom stereocenters. The topological polar surface area (TPSA) is 92.9 Å². The Labute approximate surface area is 225 Å². The number of hydrogen-bond donors (Lipinski definition) is 2. The number of aryl methyl sites for hydroxylation is 1. The van der Waals surface area contributed by atoms with Crippen molar-refractivity contribution in [2.45, 2.75) is 26.2 Å². The van der Waals surface area contributed by atoms with Crippen LogP contribution in [-0.2, 0) is 6.42 Å². The van der Waals surface area contributed by atoms with E-state index in [1.807, 2.05) is 49.4 Å². The van der Waals surface area contributed by atoms with Gasteiger partial charge in [-0.15, -0.1) is 0 Å². The average molecular weight is 528 g/mol. The summed E-state index contributed by atoms with van der Waals surface area (Å²) in [6.07, 6.45) is 2.13. The Bertz CT molecular complexity index is 1530. The Morgan fingerprint density at radius 2 is 1.68 bits per heavy atom. The fraction of sp³-hybridized carbons (Fsp3) is 0.167. The third-order valence-electron chi connectivity index (χ3n) is 6.49. The highest BCUT2D eigenvalue weighted by Crippen LogP contribution is 2.32. The molecule has 0 unspecified atom stereocenters. The van der Waals surface area contributed by atoms with E-state index in [2.05, 4.69) is 15.8 Å². The standard InChI is InChI=1S/C30H26ClN3O4/c1-18-27-23(33-34-29(35)21-13-11-20(12-14-21)19-7-4-3-5-8-19)9-6-10-26(27)38-28(18)30(36)32-24-17-22(31)15-16-25(24)37-2/h3-5,7-8,11-17H,6,9-10H2,1-2H3,(H,32,36)(H,34,35)/b33-23+. The molecular formula is C30H26ClN3O4. The Kier molecular flexibility index (Phi) is 7.29. The van der Waals surface area contributed by atoms with Crippen LogP contribution in [0, 0.1) is 6.92 Å². The zero-order chi connectivity index (χ0) is 26.6. The fourth-order valence-electron chi connectivity index (χ4n) is 4.58. The molecule has 192 valence electrons. The summed E-state index contributed by atoms with van der Waals surface area (Å²) in [5.41, 5.74) is 7.84. The number of amides is 2. The van der Waals surface area contributed by atoms with Crippen LogP contribution in [0.25, 0.3) is 11.1 Å². The quantitative estimate of drug-likeness (QED) is 0.275. The summed E-state index contributed by atoms with van der Waals surface area (Å²) >= 11 is 6.10. The second-order valence-electron chi connectivity index (χ2n) is 8.95. The molecule has 0 spiro atoms. The van der Waals surface area contributed by atoms with Gasteiger partial charge in [-0.3, -0.25) is 9.59 Å². The van der Waals surface area contributed by atoms with Crippen LogP contribution >= 0.6 is 11.6 Å². The number of hydrogen-bond acceptors (Lipinski definition) is 5. The molecule has 1 aliphatic rings. The molecule has 38 heavy (non-hydrogen) atoms. The number of benzene rings is 3. The molecule has 0 saturated carbocycles. The number of rotatable bonds is 6. The van der Waals surface area contributed by atoms with Gasteiger partial charge in [0.25, 0.3) is 11.8 Å². The highest BCUT2D eigenvalue weighted by molar-refractivity contribution is 6.31. The lowest BCUT2D eigenvalue weighted by atomic mass is 9.93. The summed E-state index contributed by atoms with van der Waals surface area (Å²) < 4.78 is 11.3. The van der Waals surface area contributed by atoms with Gasteiger partial charge in [-0.2, -0.15) is 5.10 Å². The van der Waals surface area contributed by atoms with Crippen molar-refractivity contribution in [1.29, 1.82) is 0 Å². The van der Waals surface area contributed by atoms with Crippen LogP contribution in [0.3, 0.4) is 0 Å². The van der Waals surface area contributed by atoms with Gasteiger partial charge in [-0.1, -0.05) is 54.1 Å². The third-order valence-corrected chi connectivity index (χ3v) is 6.72. The molecule has 2 amide bonds. The first kappa shape index (κ1) is 25.3. The minimum absolute atomic E-state index is 0.189. The normalized spacial score (nSPS) is 13.6. The maximum Gasteiger partial charge on any atom is 0.291 e. The minimum Gasteiger partial charge on any atom is -0.495 e. The minimum atomic E-state index is -0.417. The van der Waals surface area contributed by atoms with E-state index in [-0.39, 0.29) is 11.7 Å². The third kappa shape index (κ3) is 5.19. The van der Waals surface area contributed by atoms with Gasteiger partial charge in [0.1, 0.15) is 11.5 Å². The highest BCUT2D eigenvalue weighted by Gasteiger charge is 2.28. The Balaban J connectivity index is 1.34. The summed E-state index contributed by atoms with van der Waals surface area (Å²) in [6.45, 7) is 1.82. The number of carbonyl (C=O) groups is 2. The Hall–Kier alpha value is -4.36. The van der Waals surface area contributed by atoms with Crippen LogP contribution in [0.4, 0.5) is 5.69 Å². The lowest BCUT2D eigenvalue weighted by Gasteiger charge is -2.13. The van der Waals surface area contributed by atoms with Crippen molar-refractivity contribution in [1.82, 2.24) is 5.43 Å². The van der Waals surface area contributed by atoms with Crippen LogP contribution in [0.1, 0.15) is 50.6 Å². The first-order chi connectivity index (χ1) is 18.4.